The second-order valence-corrected chi connectivity index (χ2v) is 8.15. The molecule has 0 radical (unpaired) electrons. The number of nitrogens with two attached hydrogens (primary N) is 1. The fourth-order valence-electron chi connectivity index (χ4n) is 3.22. The molecular weight excluding hydrogens is 384 g/mol. The van der Waals surface area contributed by atoms with Gasteiger partial charge in [-0.1, -0.05) is 52.8 Å². The number of aromatic amines is 1. The zero-order valence-electron chi connectivity index (χ0n) is 18.4. The number of amides is 1. The lowest BCUT2D eigenvalue weighted by molar-refractivity contribution is -0.120. The average Bonchev–Trinajstić information content (AvgIpc) is 2.68. The molecule has 0 saturated heterocycles. The van der Waals surface area contributed by atoms with Gasteiger partial charge in [0.05, 0.1) is 0 Å². The number of benzene rings is 1. The van der Waals surface area contributed by atoms with Crippen molar-refractivity contribution in [3.05, 3.63) is 50.7 Å². The molecular formula is C22H32N4O4. The van der Waals surface area contributed by atoms with Crippen molar-refractivity contribution >= 4 is 17.4 Å². The van der Waals surface area contributed by atoms with E-state index in [2.05, 4.69) is 4.98 Å². The van der Waals surface area contributed by atoms with Crippen molar-refractivity contribution in [1.82, 2.24) is 9.55 Å². The maximum atomic E-state index is 13.1. The number of aromatic nitrogens is 2. The number of rotatable bonds is 9. The molecule has 30 heavy (non-hydrogen) atoms. The molecule has 0 unspecified atom stereocenters. The van der Waals surface area contributed by atoms with Crippen LogP contribution >= 0.6 is 0 Å². The largest absolute Gasteiger partial charge is 0.483 e. The summed E-state index contributed by atoms with van der Waals surface area (Å²) in [4.78, 5) is 41.6. The highest BCUT2D eigenvalue weighted by molar-refractivity contribution is 5.96. The summed E-state index contributed by atoms with van der Waals surface area (Å²) in [5.41, 5.74) is 5.92. The summed E-state index contributed by atoms with van der Waals surface area (Å²) in [6.45, 7) is 10.1. The summed E-state index contributed by atoms with van der Waals surface area (Å²) in [6, 6.07) is 7.51. The first kappa shape index (κ1) is 23.3. The highest BCUT2D eigenvalue weighted by atomic mass is 16.5. The predicted molar refractivity (Wildman–Crippen MR) is 119 cm³/mol. The lowest BCUT2D eigenvalue weighted by atomic mass is 10.1. The third-order valence-corrected chi connectivity index (χ3v) is 4.59. The van der Waals surface area contributed by atoms with Gasteiger partial charge < -0.3 is 15.4 Å². The summed E-state index contributed by atoms with van der Waals surface area (Å²) in [7, 11) is 0. The van der Waals surface area contributed by atoms with Gasteiger partial charge in [0.15, 0.2) is 12.3 Å². The van der Waals surface area contributed by atoms with Crippen LogP contribution < -0.4 is 26.6 Å². The lowest BCUT2D eigenvalue weighted by Crippen LogP contribution is -2.44. The third kappa shape index (κ3) is 5.52. The molecule has 1 aromatic carbocycles. The monoisotopic (exact) mass is 416 g/mol. The number of para-hydroxylation sites is 1. The molecule has 0 fully saturated rings. The molecule has 0 spiro atoms. The molecule has 1 aromatic heterocycles. The van der Waals surface area contributed by atoms with E-state index >= 15 is 0 Å². The first-order chi connectivity index (χ1) is 14.1. The number of nitrogens with zero attached hydrogens (tertiary/aromatic N) is 2. The number of nitrogen functional groups attached to an aromatic ring is 1. The Morgan fingerprint density at radius 2 is 1.83 bits per heavy atom. The Hall–Kier alpha value is -3.03. The molecule has 0 bridgehead atoms. The van der Waals surface area contributed by atoms with E-state index in [1.165, 1.54) is 9.47 Å². The minimum absolute atomic E-state index is 0.0127. The molecule has 0 aliphatic heterocycles. The smallest absolute Gasteiger partial charge is 0.330 e. The number of ether oxygens (including phenoxy) is 1. The van der Waals surface area contributed by atoms with Crippen molar-refractivity contribution in [3.8, 4) is 5.75 Å². The number of H-pyrrole nitrogens is 1. The normalized spacial score (nSPS) is 11.2. The first-order valence-electron chi connectivity index (χ1n) is 10.3. The Morgan fingerprint density at radius 1 is 1.17 bits per heavy atom. The zero-order chi connectivity index (χ0) is 22.4. The minimum atomic E-state index is -0.680. The molecule has 8 heteroatoms. The van der Waals surface area contributed by atoms with E-state index in [1.54, 1.807) is 0 Å². The molecule has 1 amide bonds. The van der Waals surface area contributed by atoms with E-state index in [0.717, 1.165) is 12.0 Å². The van der Waals surface area contributed by atoms with E-state index in [9.17, 15) is 14.4 Å². The van der Waals surface area contributed by atoms with Gasteiger partial charge in [-0.2, -0.15) is 0 Å². The maximum absolute atomic E-state index is 13.1. The molecule has 164 valence electrons. The van der Waals surface area contributed by atoms with Crippen LogP contribution in [-0.4, -0.2) is 28.6 Å². The SMILES string of the molecule is CCc1ccccc1OCC(=O)N(CC(C)C)c1c(N)n(CC(C)C)c(=O)[nH]c1=O. The van der Waals surface area contributed by atoms with Crippen molar-refractivity contribution < 1.29 is 9.53 Å². The van der Waals surface area contributed by atoms with Crippen LogP contribution in [0, 0.1) is 11.8 Å². The van der Waals surface area contributed by atoms with Crippen LogP contribution in [0.25, 0.3) is 0 Å². The summed E-state index contributed by atoms with van der Waals surface area (Å²) in [6.07, 6.45) is 0.771. The van der Waals surface area contributed by atoms with Crippen LogP contribution in [0.2, 0.25) is 0 Å². The van der Waals surface area contributed by atoms with Crippen molar-refractivity contribution in [3.63, 3.8) is 0 Å². The number of hydrogen-bond donors (Lipinski definition) is 2. The van der Waals surface area contributed by atoms with Crippen molar-refractivity contribution in [1.29, 1.82) is 0 Å². The van der Waals surface area contributed by atoms with Gasteiger partial charge in [0.2, 0.25) is 0 Å². The number of nitrogens with one attached hydrogen (secondary N) is 1. The molecule has 0 aliphatic rings. The second-order valence-electron chi connectivity index (χ2n) is 8.15. The summed E-state index contributed by atoms with van der Waals surface area (Å²) >= 11 is 0. The maximum Gasteiger partial charge on any atom is 0.330 e. The fourth-order valence-corrected chi connectivity index (χ4v) is 3.22. The van der Waals surface area contributed by atoms with Gasteiger partial charge in [0.25, 0.3) is 11.5 Å². The van der Waals surface area contributed by atoms with E-state index in [4.69, 9.17) is 10.5 Å². The fraction of sp³-hybridized carbons (Fsp3) is 0.500. The van der Waals surface area contributed by atoms with Crippen molar-refractivity contribution in [2.24, 2.45) is 11.8 Å². The molecule has 0 atom stereocenters. The molecule has 1 heterocycles. The number of carbonyl (C=O) groups is 1. The number of aryl methyl sites for hydroxylation is 1. The lowest BCUT2D eigenvalue weighted by Gasteiger charge is -2.26. The summed E-state index contributed by atoms with van der Waals surface area (Å²) in [5, 5.41) is 0. The first-order valence-corrected chi connectivity index (χ1v) is 10.3. The Kier molecular flexibility index (Phi) is 7.86. The van der Waals surface area contributed by atoms with Crippen LogP contribution in [0.3, 0.4) is 0 Å². The third-order valence-electron chi connectivity index (χ3n) is 4.59. The van der Waals surface area contributed by atoms with Gasteiger partial charge >= 0.3 is 5.69 Å². The van der Waals surface area contributed by atoms with Gasteiger partial charge in [0, 0.05) is 13.1 Å². The molecule has 2 rings (SSSR count). The van der Waals surface area contributed by atoms with Gasteiger partial charge in [0.1, 0.15) is 11.6 Å². The number of hydrogen-bond acceptors (Lipinski definition) is 5. The number of carbonyl (C=O) groups excluding carboxylic acids is 1. The van der Waals surface area contributed by atoms with Gasteiger partial charge in [-0.25, -0.2) is 4.79 Å². The Labute approximate surface area is 176 Å². The van der Waals surface area contributed by atoms with E-state index in [0.29, 0.717) is 12.3 Å². The van der Waals surface area contributed by atoms with Gasteiger partial charge in [-0.15, -0.1) is 0 Å². The zero-order valence-corrected chi connectivity index (χ0v) is 18.4. The van der Waals surface area contributed by atoms with Crippen LogP contribution in [0.15, 0.2) is 33.9 Å². The van der Waals surface area contributed by atoms with Crippen LogP contribution in [0.5, 0.6) is 5.75 Å². The van der Waals surface area contributed by atoms with E-state index in [1.807, 2.05) is 58.9 Å². The molecule has 2 aromatic rings. The topological polar surface area (TPSA) is 110 Å². The van der Waals surface area contributed by atoms with Crippen LogP contribution in [0.4, 0.5) is 11.5 Å². The van der Waals surface area contributed by atoms with Gasteiger partial charge in [-0.3, -0.25) is 19.1 Å². The van der Waals surface area contributed by atoms with E-state index < -0.39 is 17.2 Å². The van der Waals surface area contributed by atoms with Crippen LogP contribution in [-0.2, 0) is 17.8 Å². The Balaban J connectivity index is 2.41. The summed E-state index contributed by atoms with van der Waals surface area (Å²) < 4.78 is 7.06. The molecule has 8 nitrogen and oxygen atoms in total. The Morgan fingerprint density at radius 3 is 2.43 bits per heavy atom. The predicted octanol–water partition coefficient (Wildman–Crippen LogP) is 2.41. The van der Waals surface area contributed by atoms with Gasteiger partial charge in [-0.05, 0) is 29.9 Å². The highest BCUT2D eigenvalue weighted by Crippen LogP contribution is 2.21. The van der Waals surface area contributed by atoms with E-state index in [-0.39, 0.29) is 36.5 Å². The molecule has 0 saturated carbocycles. The van der Waals surface area contributed by atoms with Crippen molar-refractivity contribution in [2.75, 3.05) is 23.8 Å². The summed E-state index contributed by atoms with van der Waals surface area (Å²) in [5.74, 6) is 0.416. The standard InChI is InChI=1S/C22H32N4O4/c1-6-16-9-7-8-10-17(16)30-13-18(27)25(11-14(2)3)19-20(23)26(12-15(4)5)22(29)24-21(19)28/h7-10,14-15H,6,11-13,23H2,1-5H3,(H,24,28,29). The Bertz CT molecular complexity index is 991. The van der Waals surface area contributed by atoms with Crippen LogP contribution in [0.1, 0.15) is 40.2 Å². The quantitative estimate of drug-likeness (QED) is 0.652. The second kappa shape index (κ2) is 10.1. The highest BCUT2D eigenvalue weighted by Gasteiger charge is 2.25. The van der Waals surface area contributed by atoms with Crippen molar-refractivity contribution in [2.45, 2.75) is 47.6 Å². The molecule has 3 N–H and O–H groups in total. The molecule has 0 aliphatic carbocycles. The number of anilines is 2. The minimum Gasteiger partial charge on any atom is -0.483 e. The average molecular weight is 417 g/mol.